The van der Waals surface area contributed by atoms with Crippen LogP contribution in [0.4, 0.5) is 0 Å². The Morgan fingerprint density at radius 2 is 2.04 bits per heavy atom. The zero-order valence-electron chi connectivity index (χ0n) is 17.2. The van der Waals surface area contributed by atoms with Gasteiger partial charge < -0.3 is 19.5 Å². The number of halogens is 2. The molecule has 1 aliphatic rings. The van der Waals surface area contributed by atoms with E-state index in [2.05, 4.69) is 80.8 Å². The number of nitrogens with zero attached hydrogens (tertiary/aromatic N) is 4. The Kier molecular flexibility index (Phi) is 11.2. The molecule has 1 atom stereocenters. The maximum atomic E-state index is 5.52. The van der Waals surface area contributed by atoms with Crippen molar-refractivity contribution in [3.05, 3.63) is 22.4 Å². The third-order valence-corrected chi connectivity index (χ3v) is 5.28. The lowest BCUT2D eigenvalue weighted by Crippen LogP contribution is -2.51. The van der Waals surface area contributed by atoms with Crippen LogP contribution in [-0.2, 0) is 18.3 Å². The molecule has 0 aliphatic carbocycles. The molecule has 1 fully saturated rings. The first-order valence-corrected chi connectivity index (χ1v) is 10.2. The monoisotopic (exact) mass is 555 g/mol. The maximum Gasteiger partial charge on any atom is 0.193 e. The van der Waals surface area contributed by atoms with E-state index in [9.17, 15) is 0 Å². The minimum absolute atomic E-state index is 0. The SMILES string of the molecule is CN=C(NCC(CC(C)C)N1CCOCC1)N(C)Cc1cc(Br)cn1C.I. The summed E-state index contributed by atoms with van der Waals surface area (Å²) in [7, 11) is 6.01. The van der Waals surface area contributed by atoms with Crippen molar-refractivity contribution in [1.82, 2.24) is 19.7 Å². The lowest BCUT2D eigenvalue weighted by Gasteiger charge is -2.36. The summed E-state index contributed by atoms with van der Waals surface area (Å²) in [5.74, 6) is 1.61. The number of hydrogen-bond donors (Lipinski definition) is 1. The third kappa shape index (κ3) is 7.91. The van der Waals surface area contributed by atoms with Crippen molar-refractivity contribution in [1.29, 1.82) is 0 Å². The first-order valence-electron chi connectivity index (χ1n) is 9.45. The van der Waals surface area contributed by atoms with E-state index in [0.717, 1.165) is 49.8 Å². The summed E-state index contributed by atoms with van der Waals surface area (Å²) in [6.45, 7) is 10.0. The first kappa shape index (κ1) is 24.7. The summed E-state index contributed by atoms with van der Waals surface area (Å²) in [6, 6.07) is 2.66. The summed E-state index contributed by atoms with van der Waals surface area (Å²) < 4.78 is 8.77. The van der Waals surface area contributed by atoms with Crippen molar-refractivity contribution in [2.45, 2.75) is 32.9 Å². The van der Waals surface area contributed by atoms with Crippen LogP contribution in [0.15, 0.2) is 21.7 Å². The van der Waals surface area contributed by atoms with Gasteiger partial charge in [-0.1, -0.05) is 13.8 Å². The zero-order valence-corrected chi connectivity index (χ0v) is 21.2. The first-order chi connectivity index (χ1) is 12.4. The van der Waals surface area contributed by atoms with Gasteiger partial charge in [0.25, 0.3) is 0 Å². The summed E-state index contributed by atoms with van der Waals surface area (Å²) in [5.41, 5.74) is 1.24. The van der Waals surface area contributed by atoms with Gasteiger partial charge in [0.2, 0.25) is 0 Å². The number of aliphatic imine (C=N–C) groups is 1. The van der Waals surface area contributed by atoms with E-state index in [0.29, 0.717) is 12.0 Å². The molecule has 0 aromatic carbocycles. The van der Waals surface area contributed by atoms with Crippen LogP contribution >= 0.6 is 39.9 Å². The van der Waals surface area contributed by atoms with Crippen LogP contribution in [0.3, 0.4) is 0 Å². The van der Waals surface area contributed by atoms with Gasteiger partial charge in [0, 0.05) is 63.2 Å². The molecule has 0 spiro atoms. The molecule has 1 aromatic heterocycles. The van der Waals surface area contributed by atoms with Crippen molar-refractivity contribution in [3.8, 4) is 0 Å². The molecule has 0 amide bonds. The third-order valence-electron chi connectivity index (χ3n) is 4.85. The molecule has 6 nitrogen and oxygen atoms in total. The fourth-order valence-electron chi connectivity index (χ4n) is 3.48. The van der Waals surface area contributed by atoms with E-state index in [1.165, 1.54) is 12.1 Å². The van der Waals surface area contributed by atoms with Crippen molar-refractivity contribution < 1.29 is 4.74 Å². The Bertz CT molecular complexity index is 587. The van der Waals surface area contributed by atoms with Gasteiger partial charge in [0.05, 0.1) is 19.8 Å². The number of hydrogen-bond acceptors (Lipinski definition) is 3. The molecule has 1 unspecified atom stereocenters. The van der Waals surface area contributed by atoms with Crippen LogP contribution in [0.2, 0.25) is 0 Å². The molecule has 1 aromatic rings. The number of ether oxygens (including phenoxy) is 1. The highest BCUT2D eigenvalue weighted by Crippen LogP contribution is 2.16. The topological polar surface area (TPSA) is 45.0 Å². The van der Waals surface area contributed by atoms with Crippen LogP contribution in [0.1, 0.15) is 26.0 Å². The van der Waals surface area contributed by atoms with Crippen molar-refractivity contribution >= 4 is 45.9 Å². The lowest BCUT2D eigenvalue weighted by molar-refractivity contribution is 0.0131. The molecule has 156 valence electrons. The molecule has 0 saturated carbocycles. The van der Waals surface area contributed by atoms with E-state index >= 15 is 0 Å². The second-order valence-corrected chi connectivity index (χ2v) is 8.39. The van der Waals surface area contributed by atoms with Gasteiger partial charge in [-0.2, -0.15) is 0 Å². The van der Waals surface area contributed by atoms with Gasteiger partial charge in [-0.3, -0.25) is 9.89 Å². The van der Waals surface area contributed by atoms with Crippen LogP contribution in [-0.4, -0.2) is 73.3 Å². The number of rotatable bonds is 7. The Hall–Kier alpha value is -0.320. The number of aromatic nitrogens is 1. The molecule has 1 N–H and O–H groups in total. The van der Waals surface area contributed by atoms with E-state index < -0.39 is 0 Å². The minimum atomic E-state index is 0. The number of guanidine groups is 1. The zero-order chi connectivity index (χ0) is 19.1. The van der Waals surface area contributed by atoms with Gasteiger partial charge in [-0.25, -0.2) is 0 Å². The van der Waals surface area contributed by atoms with Crippen molar-refractivity contribution in [3.63, 3.8) is 0 Å². The molecular formula is C19H35BrIN5O. The minimum Gasteiger partial charge on any atom is -0.379 e. The van der Waals surface area contributed by atoms with Crippen LogP contribution < -0.4 is 5.32 Å². The van der Waals surface area contributed by atoms with E-state index in [1.54, 1.807) is 0 Å². The maximum absolute atomic E-state index is 5.52. The highest BCUT2D eigenvalue weighted by atomic mass is 127. The van der Waals surface area contributed by atoms with Gasteiger partial charge in [-0.15, -0.1) is 24.0 Å². The fraction of sp³-hybridized carbons (Fsp3) is 0.737. The number of aryl methyl sites for hydroxylation is 1. The van der Waals surface area contributed by atoms with Gasteiger partial charge >= 0.3 is 0 Å². The second kappa shape index (κ2) is 12.3. The average Bonchev–Trinajstić information content (AvgIpc) is 2.92. The predicted molar refractivity (Wildman–Crippen MR) is 127 cm³/mol. The Morgan fingerprint density at radius 1 is 1.37 bits per heavy atom. The largest absolute Gasteiger partial charge is 0.379 e. The normalized spacial score (nSPS) is 16.9. The molecular weight excluding hydrogens is 521 g/mol. The molecule has 1 saturated heterocycles. The quantitative estimate of drug-likeness (QED) is 0.319. The van der Waals surface area contributed by atoms with Gasteiger partial charge in [0.15, 0.2) is 5.96 Å². The number of nitrogens with one attached hydrogen (secondary N) is 1. The molecule has 2 rings (SSSR count). The van der Waals surface area contributed by atoms with Crippen molar-refractivity contribution in [2.24, 2.45) is 18.0 Å². The molecule has 8 heteroatoms. The number of morpholine rings is 1. The summed E-state index contributed by atoms with van der Waals surface area (Å²) in [5, 5.41) is 3.59. The molecule has 0 bridgehead atoms. The van der Waals surface area contributed by atoms with Crippen LogP contribution in [0, 0.1) is 5.92 Å². The fourth-order valence-corrected chi connectivity index (χ4v) is 4.05. The molecule has 27 heavy (non-hydrogen) atoms. The van der Waals surface area contributed by atoms with Gasteiger partial charge in [0.1, 0.15) is 0 Å². The second-order valence-electron chi connectivity index (χ2n) is 7.48. The van der Waals surface area contributed by atoms with E-state index in [-0.39, 0.29) is 24.0 Å². The summed E-state index contributed by atoms with van der Waals surface area (Å²) >= 11 is 3.54. The Morgan fingerprint density at radius 3 is 2.56 bits per heavy atom. The van der Waals surface area contributed by atoms with E-state index in [1.807, 2.05) is 7.05 Å². The molecule has 2 heterocycles. The predicted octanol–water partition coefficient (Wildman–Crippen LogP) is 3.16. The summed E-state index contributed by atoms with van der Waals surface area (Å²) in [4.78, 5) is 9.21. The molecule has 1 aliphatic heterocycles. The van der Waals surface area contributed by atoms with E-state index in [4.69, 9.17) is 4.74 Å². The highest BCUT2D eigenvalue weighted by molar-refractivity contribution is 14.0. The van der Waals surface area contributed by atoms with Gasteiger partial charge in [-0.05, 0) is 34.3 Å². The summed E-state index contributed by atoms with van der Waals surface area (Å²) in [6.07, 6.45) is 3.26. The van der Waals surface area contributed by atoms with Crippen molar-refractivity contribution in [2.75, 3.05) is 46.9 Å². The highest BCUT2D eigenvalue weighted by Gasteiger charge is 2.22. The smallest absolute Gasteiger partial charge is 0.193 e. The molecule has 0 radical (unpaired) electrons. The van der Waals surface area contributed by atoms with Crippen LogP contribution in [0.5, 0.6) is 0 Å². The standard InChI is InChI=1S/C19H34BrN5O.HI/c1-15(2)10-17(25-6-8-26-9-7-25)12-22-19(21-3)24(5)14-18-11-16(20)13-23(18)4;/h11,13,15,17H,6-10,12,14H2,1-5H3,(H,21,22);1H. The lowest BCUT2D eigenvalue weighted by atomic mass is 10.0. The van der Waals surface area contributed by atoms with Crippen LogP contribution in [0.25, 0.3) is 0 Å². The Balaban J connectivity index is 0.00000364. The average molecular weight is 556 g/mol. The Labute approximate surface area is 189 Å².